The maximum atomic E-state index is 14.0. The minimum atomic E-state index is -0.527. The molecule has 0 bridgehead atoms. The molecule has 2 N–H and O–H groups in total. The Kier molecular flexibility index (Phi) is 6.77. The first-order valence-electron chi connectivity index (χ1n) is 6.44. The molecule has 1 unspecified atom stereocenters. The van der Waals surface area contributed by atoms with Gasteiger partial charge < -0.3 is 19.9 Å². The van der Waals surface area contributed by atoms with E-state index in [2.05, 4.69) is 0 Å². The standard InChI is InChI=1S/C14H22FNO3/c1-4-18-14(19-5-2)11(16)9-10-7-6-8-12(17-3)13(10)15/h6-8,11,14H,4-5,9,16H2,1-3H3. The Labute approximate surface area is 113 Å². The zero-order chi connectivity index (χ0) is 14.3. The van der Waals surface area contributed by atoms with E-state index in [1.165, 1.54) is 7.11 Å². The largest absolute Gasteiger partial charge is 0.494 e. The zero-order valence-corrected chi connectivity index (χ0v) is 11.7. The number of benzene rings is 1. The summed E-state index contributed by atoms with van der Waals surface area (Å²) >= 11 is 0. The van der Waals surface area contributed by atoms with Gasteiger partial charge in [-0.15, -0.1) is 0 Å². The van der Waals surface area contributed by atoms with Gasteiger partial charge in [0, 0.05) is 13.2 Å². The molecule has 1 aromatic rings. The first-order valence-corrected chi connectivity index (χ1v) is 6.44. The van der Waals surface area contributed by atoms with Crippen molar-refractivity contribution in [3.8, 4) is 5.75 Å². The maximum absolute atomic E-state index is 14.0. The first kappa shape index (κ1) is 15.9. The Morgan fingerprint density at radius 3 is 2.37 bits per heavy atom. The third-order valence-corrected chi connectivity index (χ3v) is 2.73. The lowest BCUT2D eigenvalue weighted by Crippen LogP contribution is -2.40. The highest BCUT2D eigenvalue weighted by atomic mass is 19.1. The number of rotatable bonds is 8. The van der Waals surface area contributed by atoms with Gasteiger partial charge in [0.2, 0.25) is 0 Å². The third kappa shape index (κ3) is 4.45. The number of methoxy groups -OCH3 is 1. The highest BCUT2D eigenvalue weighted by molar-refractivity contribution is 5.31. The lowest BCUT2D eigenvalue weighted by molar-refractivity contribution is -0.148. The maximum Gasteiger partial charge on any atom is 0.172 e. The monoisotopic (exact) mass is 271 g/mol. The molecule has 4 nitrogen and oxygen atoms in total. The van der Waals surface area contributed by atoms with Gasteiger partial charge in [-0.3, -0.25) is 0 Å². The van der Waals surface area contributed by atoms with E-state index in [1.54, 1.807) is 18.2 Å². The second-order valence-electron chi connectivity index (χ2n) is 4.08. The van der Waals surface area contributed by atoms with E-state index >= 15 is 0 Å². The fraction of sp³-hybridized carbons (Fsp3) is 0.571. The molecule has 0 aliphatic carbocycles. The van der Waals surface area contributed by atoms with Crippen LogP contribution in [0.5, 0.6) is 5.75 Å². The Bertz CT molecular complexity index is 381. The highest BCUT2D eigenvalue weighted by Crippen LogP contribution is 2.21. The Morgan fingerprint density at radius 2 is 1.84 bits per heavy atom. The van der Waals surface area contributed by atoms with Gasteiger partial charge in [0.15, 0.2) is 17.9 Å². The van der Waals surface area contributed by atoms with Gasteiger partial charge in [0.05, 0.1) is 13.2 Å². The van der Waals surface area contributed by atoms with Gasteiger partial charge in [-0.2, -0.15) is 0 Å². The Balaban J connectivity index is 2.77. The van der Waals surface area contributed by atoms with Crippen LogP contribution in [0.1, 0.15) is 19.4 Å². The molecule has 0 aromatic heterocycles. The average molecular weight is 271 g/mol. The van der Waals surface area contributed by atoms with Gasteiger partial charge >= 0.3 is 0 Å². The summed E-state index contributed by atoms with van der Waals surface area (Å²) in [6.07, 6.45) is -0.200. The van der Waals surface area contributed by atoms with Crippen LogP contribution in [0.25, 0.3) is 0 Å². The quantitative estimate of drug-likeness (QED) is 0.736. The summed E-state index contributed by atoms with van der Waals surface area (Å²) in [7, 11) is 1.44. The van der Waals surface area contributed by atoms with Crippen molar-refractivity contribution < 1.29 is 18.6 Å². The Morgan fingerprint density at radius 1 is 1.21 bits per heavy atom. The van der Waals surface area contributed by atoms with E-state index in [0.717, 1.165) is 0 Å². The molecule has 19 heavy (non-hydrogen) atoms. The molecule has 108 valence electrons. The van der Waals surface area contributed by atoms with Crippen molar-refractivity contribution >= 4 is 0 Å². The van der Waals surface area contributed by atoms with Crippen molar-refractivity contribution in [3.63, 3.8) is 0 Å². The van der Waals surface area contributed by atoms with Gasteiger partial charge in [-0.25, -0.2) is 4.39 Å². The molecule has 0 aliphatic rings. The summed E-state index contributed by atoms with van der Waals surface area (Å²) in [5, 5.41) is 0. The minimum absolute atomic E-state index is 0.217. The molecule has 0 saturated carbocycles. The van der Waals surface area contributed by atoms with Crippen LogP contribution < -0.4 is 10.5 Å². The van der Waals surface area contributed by atoms with Crippen molar-refractivity contribution in [2.75, 3.05) is 20.3 Å². The number of nitrogens with two attached hydrogens (primary N) is 1. The van der Waals surface area contributed by atoms with E-state index in [-0.39, 0.29) is 11.6 Å². The van der Waals surface area contributed by atoms with Gasteiger partial charge in [-0.05, 0) is 31.9 Å². The lowest BCUT2D eigenvalue weighted by Gasteiger charge is -2.23. The molecule has 0 heterocycles. The average Bonchev–Trinajstić information content (AvgIpc) is 2.41. The Hall–Kier alpha value is -1.17. The highest BCUT2D eigenvalue weighted by Gasteiger charge is 2.21. The molecule has 0 amide bonds. The molecular weight excluding hydrogens is 249 g/mol. The molecule has 0 spiro atoms. The number of hydrogen-bond donors (Lipinski definition) is 1. The molecule has 1 rings (SSSR count). The number of ether oxygens (including phenoxy) is 3. The van der Waals surface area contributed by atoms with Gasteiger partial charge in [-0.1, -0.05) is 12.1 Å². The van der Waals surface area contributed by atoms with Gasteiger partial charge in [0.25, 0.3) is 0 Å². The minimum Gasteiger partial charge on any atom is -0.494 e. The molecule has 0 aliphatic heterocycles. The van der Waals surface area contributed by atoms with E-state index in [9.17, 15) is 4.39 Å². The molecule has 1 atom stereocenters. The summed E-state index contributed by atoms with van der Waals surface area (Å²) in [6.45, 7) is 4.73. The summed E-state index contributed by atoms with van der Waals surface area (Å²) in [6, 6.07) is 4.57. The molecular formula is C14H22FNO3. The summed E-state index contributed by atoms with van der Waals surface area (Å²) in [5.74, 6) is -0.165. The van der Waals surface area contributed by atoms with E-state index in [4.69, 9.17) is 19.9 Å². The van der Waals surface area contributed by atoms with Crippen molar-refractivity contribution in [3.05, 3.63) is 29.6 Å². The van der Waals surface area contributed by atoms with Crippen molar-refractivity contribution in [1.29, 1.82) is 0 Å². The van der Waals surface area contributed by atoms with Crippen molar-refractivity contribution in [2.24, 2.45) is 5.73 Å². The van der Waals surface area contributed by atoms with E-state index in [0.29, 0.717) is 25.2 Å². The summed E-state index contributed by atoms with van der Waals surface area (Å²) in [4.78, 5) is 0. The number of hydrogen-bond acceptors (Lipinski definition) is 4. The second kappa shape index (κ2) is 8.09. The number of halogens is 1. The fourth-order valence-corrected chi connectivity index (χ4v) is 1.85. The summed E-state index contributed by atoms with van der Waals surface area (Å²) in [5.41, 5.74) is 6.52. The topological polar surface area (TPSA) is 53.7 Å². The van der Waals surface area contributed by atoms with Crippen molar-refractivity contribution in [1.82, 2.24) is 0 Å². The molecule has 1 aromatic carbocycles. The van der Waals surface area contributed by atoms with Crippen LogP contribution in [-0.4, -0.2) is 32.7 Å². The zero-order valence-electron chi connectivity index (χ0n) is 11.7. The molecule has 0 fully saturated rings. The second-order valence-corrected chi connectivity index (χ2v) is 4.08. The van der Waals surface area contributed by atoms with Crippen LogP contribution >= 0.6 is 0 Å². The SMILES string of the molecule is CCOC(OCC)C(N)Cc1cccc(OC)c1F. The first-order chi connectivity index (χ1) is 9.13. The van der Waals surface area contributed by atoms with Crippen LogP contribution in [-0.2, 0) is 15.9 Å². The molecule has 0 radical (unpaired) electrons. The normalized spacial score (nSPS) is 12.7. The van der Waals surface area contributed by atoms with E-state index < -0.39 is 12.3 Å². The van der Waals surface area contributed by atoms with Crippen LogP contribution in [0.2, 0.25) is 0 Å². The molecule has 0 saturated heterocycles. The predicted molar refractivity (Wildman–Crippen MR) is 71.7 cm³/mol. The smallest absolute Gasteiger partial charge is 0.172 e. The lowest BCUT2D eigenvalue weighted by atomic mass is 10.1. The third-order valence-electron chi connectivity index (χ3n) is 2.73. The van der Waals surface area contributed by atoms with Gasteiger partial charge in [0.1, 0.15) is 0 Å². The summed E-state index contributed by atoms with van der Waals surface area (Å²) < 4.78 is 29.8. The van der Waals surface area contributed by atoms with Crippen LogP contribution in [0, 0.1) is 5.82 Å². The fourth-order valence-electron chi connectivity index (χ4n) is 1.85. The van der Waals surface area contributed by atoms with E-state index in [1.807, 2.05) is 13.8 Å². The van der Waals surface area contributed by atoms with Crippen LogP contribution in [0.4, 0.5) is 4.39 Å². The van der Waals surface area contributed by atoms with Crippen LogP contribution in [0.3, 0.4) is 0 Å². The van der Waals surface area contributed by atoms with Crippen LogP contribution in [0.15, 0.2) is 18.2 Å². The predicted octanol–water partition coefficient (Wildman–Crippen LogP) is 2.10. The molecule has 5 heteroatoms. The van der Waals surface area contributed by atoms with Crippen molar-refractivity contribution in [2.45, 2.75) is 32.6 Å².